The molecule has 0 unspecified atom stereocenters. The van der Waals surface area contributed by atoms with Crippen molar-refractivity contribution in [2.45, 2.75) is 64.1 Å². The van der Waals surface area contributed by atoms with Crippen LogP contribution in [0.4, 0.5) is 0 Å². The third kappa shape index (κ3) is 6.47. The first kappa shape index (κ1) is 23.1. The van der Waals surface area contributed by atoms with E-state index in [0.717, 1.165) is 42.6 Å². The number of methoxy groups -OCH3 is 1. The van der Waals surface area contributed by atoms with Gasteiger partial charge in [0, 0.05) is 17.6 Å². The van der Waals surface area contributed by atoms with Crippen molar-refractivity contribution >= 4 is 23.4 Å². The number of amides is 2. The molecule has 1 saturated carbocycles. The highest BCUT2D eigenvalue weighted by Crippen LogP contribution is 2.21. The van der Waals surface area contributed by atoms with Crippen molar-refractivity contribution in [2.24, 2.45) is 0 Å². The lowest BCUT2D eigenvalue weighted by molar-refractivity contribution is -0.140. The van der Waals surface area contributed by atoms with E-state index in [2.05, 4.69) is 5.32 Å². The second-order valence-corrected chi connectivity index (χ2v) is 8.56. The van der Waals surface area contributed by atoms with Crippen LogP contribution < -0.4 is 10.1 Å². The number of benzene rings is 2. The molecular formula is C25H31ClN2O3. The van der Waals surface area contributed by atoms with Crippen molar-refractivity contribution in [3.05, 3.63) is 64.7 Å². The highest BCUT2D eigenvalue weighted by molar-refractivity contribution is 6.31. The molecule has 2 aromatic rings. The van der Waals surface area contributed by atoms with Crippen molar-refractivity contribution < 1.29 is 14.3 Å². The molecule has 31 heavy (non-hydrogen) atoms. The van der Waals surface area contributed by atoms with E-state index in [9.17, 15) is 9.59 Å². The number of ether oxygens (including phenoxy) is 1. The van der Waals surface area contributed by atoms with Gasteiger partial charge in [0.1, 0.15) is 11.8 Å². The Hall–Kier alpha value is -2.53. The Labute approximate surface area is 189 Å². The summed E-state index contributed by atoms with van der Waals surface area (Å²) in [7, 11) is 1.61. The van der Waals surface area contributed by atoms with Gasteiger partial charge in [-0.25, -0.2) is 0 Å². The zero-order chi connectivity index (χ0) is 22.2. The van der Waals surface area contributed by atoms with E-state index >= 15 is 0 Å². The van der Waals surface area contributed by atoms with E-state index in [1.54, 1.807) is 25.0 Å². The zero-order valence-electron chi connectivity index (χ0n) is 18.3. The Morgan fingerprint density at radius 3 is 2.42 bits per heavy atom. The molecule has 1 aliphatic carbocycles. The molecule has 0 aromatic heterocycles. The average molecular weight is 443 g/mol. The van der Waals surface area contributed by atoms with Crippen LogP contribution in [0.2, 0.25) is 5.02 Å². The summed E-state index contributed by atoms with van der Waals surface area (Å²) in [5.41, 5.74) is 1.69. The minimum Gasteiger partial charge on any atom is -0.497 e. The molecule has 1 atom stereocenters. The van der Waals surface area contributed by atoms with Crippen LogP contribution in [0.25, 0.3) is 0 Å². The monoisotopic (exact) mass is 442 g/mol. The Balaban J connectivity index is 1.76. The van der Waals surface area contributed by atoms with Crippen molar-refractivity contribution in [1.29, 1.82) is 0 Å². The molecule has 1 N–H and O–H groups in total. The molecule has 1 fully saturated rings. The van der Waals surface area contributed by atoms with Crippen LogP contribution in [-0.2, 0) is 22.6 Å². The molecule has 6 heteroatoms. The molecule has 2 amide bonds. The van der Waals surface area contributed by atoms with Gasteiger partial charge >= 0.3 is 0 Å². The minimum atomic E-state index is -0.594. The number of rotatable bonds is 8. The summed E-state index contributed by atoms with van der Waals surface area (Å²) in [4.78, 5) is 27.9. The highest BCUT2D eigenvalue weighted by atomic mass is 35.5. The van der Waals surface area contributed by atoms with Crippen LogP contribution in [0.15, 0.2) is 48.5 Å². The summed E-state index contributed by atoms with van der Waals surface area (Å²) in [6.45, 7) is 2.08. The molecule has 166 valence electrons. The molecular weight excluding hydrogens is 412 g/mol. The molecule has 0 radical (unpaired) electrons. The van der Waals surface area contributed by atoms with Crippen molar-refractivity contribution in [2.75, 3.05) is 7.11 Å². The molecule has 0 spiro atoms. The zero-order valence-corrected chi connectivity index (χ0v) is 19.0. The van der Waals surface area contributed by atoms with Crippen LogP contribution in [0, 0.1) is 0 Å². The summed E-state index contributed by atoms with van der Waals surface area (Å²) in [6, 6.07) is 14.5. The normalized spacial score (nSPS) is 15.2. The van der Waals surface area contributed by atoms with Crippen molar-refractivity contribution in [3.8, 4) is 5.75 Å². The lowest BCUT2D eigenvalue weighted by atomic mass is 9.95. The number of hydrogen-bond acceptors (Lipinski definition) is 3. The third-order valence-electron chi connectivity index (χ3n) is 5.93. The quantitative estimate of drug-likeness (QED) is 0.641. The fourth-order valence-corrected chi connectivity index (χ4v) is 4.18. The van der Waals surface area contributed by atoms with Gasteiger partial charge in [0.2, 0.25) is 11.8 Å². The van der Waals surface area contributed by atoms with Crippen LogP contribution in [-0.4, -0.2) is 35.9 Å². The summed E-state index contributed by atoms with van der Waals surface area (Å²) in [6.07, 6.45) is 5.71. The van der Waals surface area contributed by atoms with E-state index in [1.165, 1.54) is 6.42 Å². The molecule has 0 bridgehead atoms. The smallest absolute Gasteiger partial charge is 0.242 e. The van der Waals surface area contributed by atoms with Crippen LogP contribution in [0.1, 0.15) is 50.2 Å². The maximum absolute atomic E-state index is 13.3. The fourth-order valence-electron chi connectivity index (χ4n) is 3.98. The Kier molecular flexibility index (Phi) is 8.35. The summed E-state index contributed by atoms with van der Waals surface area (Å²) in [5, 5.41) is 3.74. The lowest BCUT2D eigenvalue weighted by Gasteiger charge is -2.31. The number of nitrogens with zero attached hydrogens (tertiary/aromatic N) is 1. The topological polar surface area (TPSA) is 58.6 Å². The highest BCUT2D eigenvalue weighted by Gasteiger charge is 2.28. The van der Waals surface area contributed by atoms with Gasteiger partial charge in [0.25, 0.3) is 0 Å². The average Bonchev–Trinajstić information content (AvgIpc) is 2.79. The first-order valence-corrected chi connectivity index (χ1v) is 11.3. The van der Waals surface area contributed by atoms with E-state index in [4.69, 9.17) is 16.3 Å². The van der Waals surface area contributed by atoms with Crippen molar-refractivity contribution in [3.63, 3.8) is 0 Å². The van der Waals surface area contributed by atoms with E-state index in [-0.39, 0.29) is 30.8 Å². The van der Waals surface area contributed by atoms with Gasteiger partial charge in [-0.05, 0) is 49.1 Å². The van der Waals surface area contributed by atoms with Crippen molar-refractivity contribution in [1.82, 2.24) is 10.2 Å². The first-order chi connectivity index (χ1) is 15.0. The van der Waals surface area contributed by atoms with Gasteiger partial charge < -0.3 is 15.0 Å². The van der Waals surface area contributed by atoms with Gasteiger partial charge in [-0.1, -0.05) is 61.2 Å². The number of carbonyl (C=O) groups is 2. The largest absolute Gasteiger partial charge is 0.497 e. The van der Waals surface area contributed by atoms with Gasteiger partial charge in [0.05, 0.1) is 13.5 Å². The van der Waals surface area contributed by atoms with Gasteiger partial charge in [-0.2, -0.15) is 0 Å². The number of nitrogens with one attached hydrogen (secondary N) is 1. The summed E-state index contributed by atoms with van der Waals surface area (Å²) >= 11 is 6.35. The Bertz CT molecular complexity index is 879. The van der Waals surface area contributed by atoms with Gasteiger partial charge in [0.15, 0.2) is 0 Å². The van der Waals surface area contributed by atoms with E-state index in [0.29, 0.717) is 5.02 Å². The van der Waals surface area contributed by atoms with Crippen LogP contribution in [0.3, 0.4) is 0 Å². The Morgan fingerprint density at radius 1 is 1.10 bits per heavy atom. The SMILES string of the molecule is COc1ccc(CC(=O)N(Cc2ccccc2Cl)[C@@H](C)C(=O)NC2CCCCC2)cc1. The second kappa shape index (κ2) is 11.2. The van der Waals surface area contributed by atoms with E-state index in [1.807, 2.05) is 42.5 Å². The number of hydrogen-bond donors (Lipinski definition) is 1. The summed E-state index contributed by atoms with van der Waals surface area (Å²) < 4.78 is 5.19. The van der Waals surface area contributed by atoms with Crippen LogP contribution in [0.5, 0.6) is 5.75 Å². The van der Waals surface area contributed by atoms with E-state index < -0.39 is 6.04 Å². The van der Waals surface area contributed by atoms with Gasteiger partial charge in [-0.15, -0.1) is 0 Å². The maximum Gasteiger partial charge on any atom is 0.242 e. The second-order valence-electron chi connectivity index (χ2n) is 8.16. The predicted molar refractivity (Wildman–Crippen MR) is 123 cm³/mol. The standard InChI is InChI=1S/C25H31ClN2O3/c1-18(25(30)27-21-9-4-3-5-10-21)28(17-20-8-6-7-11-23(20)26)24(29)16-19-12-14-22(31-2)15-13-19/h6-8,11-15,18,21H,3-5,9-10,16-17H2,1-2H3,(H,27,30)/t18-/m0/s1. The predicted octanol–water partition coefficient (Wildman–Crippen LogP) is 4.76. The lowest BCUT2D eigenvalue weighted by Crippen LogP contribution is -2.50. The number of carbonyl (C=O) groups excluding carboxylic acids is 2. The molecule has 1 aliphatic rings. The Morgan fingerprint density at radius 2 is 1.77 bits per heavy atom. The molecule has 0 saturated heterocycles. The summed E-state index contributed by atoms with van der Waals surface area (Å²) in [5.74, 6) is 0.516. The molecule has 0 heterocycles. The third-order valence-corrected chi connectivity index (χ3v) is 6.30. The minimum absolute atomic E-state index is 0.109. The molecule has 2 aromatic carbocycles. The molecule has 0 aliphatic heterocycles. The molecule has 5 nitrogen and oxygen atoms in total. The number of halogens is 1. The van der Waals surface area contributed by atoms with Gasteiger partial charge in [-0.3, -0.25) is 9.59 Å². The maximum atomic E-state index is 13.3. The first-order valence-electron chi connectivity index (χ1n) is 10.9. The molecule has 3 rings (SSSR count). The van der Waals surface area contributed by atoms with Crippen LogP contribution >= 0.6 is 11.6 Å². The fraction of sp³-hybridized carbons (Fsp3) is 0.440.